The highest BCUT2D eigenvalue weighted by molar-refractivity contribution is 7.97. The van der Waals surface area contributed by atoms with E-state index in [0.717, 1.165) is 59.9 Å². The predicted molar refractivity (Wildman–Crippen MR) is 191 cm³/mol. The molecule has 4 aromatic carbocycles. The molecule has 0 unspecified atom stereocenters. The molecule has 0 radical (unpaired) electrons. The quantitative estimate of drug-likeness (QED) is 0.121. The number of halogens is 3. The lowest BCUT2D eigenvalue weighted by Crippen LogP contribution is -2.26. The van der Waals surface area contributed by atoms with Crippen LogP contribution in [0.3, 0.4) is 0 Å². The first-order valence-corrected chi connectivity index (χ1v) is 17.5. The minimum absolute atomic E-state index is 0.0100. The van der Waals surface area contributed by atoms with Crippen molar-refractivity contribution in [1.29, 1.82) is 0 Å². The van der Waals surface area contributed by atoms with E-state index in [1.807, 2.05) is 77.1 Å². The van der Waals surface area contributed by atoms with Crippen molar-refractivity contribution >= 4 is 11.9 Å². The molecule has 0 bridgehead atoms. The van der Waals surface area contributed by atoms with Crippen LogP contribution < -0.4 is 19.9 Å². The van der Waals surface area contributed by atoms with Gasteiger partial charge < -0.3 is 19.9 Å². The SMILES string of the molecule is COc1ccc(CN(Cc2ccc(OC)cc2)Sc2c(C(F)(F)F)ccc([C@H]3CC[C@H](N)CC3)c2-c2nnnn2Cc2ccc(OC)cc2)cc1. The van der Waals surface area contributed by atoms with Gasteiger partial charge in [-0.15, -0.1) is 5.10 Å². The molecular weight excluding hydrogens is 678 g/mol. The maximum Gasteiger partial charge on any atom is 0.417 e. The number of hydrogen-bond acceptors (Lipinski definition) is 9. The fraction of sp³-hybridized carbons (Fsp3) is 0.342. The number of nitrogens with two attached hydrogens (primary N) is 1. The van der Waals surface area contributed by atoms with Crippen molar-refractivity contribution < 1.29 is 27.4 Å². The van der Waals surface area contributed by atoms with E-state index in [1.54, 1.807) is 32.1 Å². The van der Waals surface area contributed by atoms with Crippen molar-refractivity contribution in [3.05, 3.63) is 113 Å². The van der Waals surface area contributed by atoms with Gasteiger partial charge in [0, 0.05) is 29.6 Å². The summed E-state index contributed by atoms with van der Waals surface area (Å²) in [6.07, 6.45) is -1.57. The highest BCUT2D eigenvalue weighted by Gasteiger charge is 2.38. The zero-order chi connectivity index (χ0) is 36.0. The molecule has 5 aromatic rings. The summed E-state index contributed by atoms with van der Waals surface area (Å²) in [7, 11) is 4.78. The van der Waals surface area contributed by atoms with Gasteiger partial charge in [0.1, 0.15) is 17.2 Å². The van der Waals surface area contributed by atoms with Gasteiger partial charge in [0.25, 0.3) is 0 Å². The predicted octanol–water partition coefficient (Wildman–Crippen LogP) is 8.13. The molecule has 1 aromatic heterocycles. The monoisotopic (exact) mass is 718 g/mol. The Morgan fingerprint density at radius 3 is 1.75 bits per heavy atom. The molecule has 0 spiro atoms. The van der Waals surface area contributed by atoms with E-state index in [2.05, 4.69) is 15.5 Å². The molecule has 0 aliphatic heterocycles. The molecule has 0 saturated heterocycles. The topological polar surface area (TPSA) is 101 Å². The van der Waals surface area contributed by atoms with Crippen LogP contribution in [-0.2, 0) is 25.8 Å². The average Bonchev–Trinajstić information content (AvgIpc) is 3.59. The second kappa shape index (κ2) is 16.2. The van der Waals surface area contributed by atoms with Crippen molar-refractivity contribution in [3.8, 4) is 28.6 Å². The first-order chi connectivity index (χ1) is 24.6. The number of rotatable bonds is 13. The Morgan fingerprint density at radius 2 is 1.25 bits per heavy atom. The summed E-state index contributed by atoms with van der Waals surface area (Å²) < 4.78 is 64.9. The number of hydrogen-bond donors (Lipinski definition) is 1. The smallest absolute Gasteiger partial charge is 0.417 e. The van der Waals surface area contributed by atoms with Gasteiger partial charge in [-0.25, -0.2) is 8.99 Å². The summed E-state index contributed by atoms with van der Waals surface area (Å²) >= 11 is 1.08. The summed E-state index contributed by atoms with van der Waals surface area (Å²) in [5, 5.41) is 12.7. The van der Waals surface area contributed by atoms with Crippen molar-refractivity contribution in [2.24, 2.45) is 5.73 Å². The van der Waals surface area contributed by atoms with Gasteiger partial charge in [0.05, 0.1) is 33.4 Å². The van der Waals surface area contributed by atoms with Crippen LogP contribution in [-0.4, -0.2) is 51.9 Å². The zero-order valence-corrected chi connectivity index (χ0v) is 29.6. The molecule has 268 valence electrons. The van der Waals surface area contributed by atoms with Gasteiger partial charge in [0.2, 0.25) is 0 Å². The number of nitrogens with zero attached hydrogens (tertiary/aromatic N) is 5. The number of methoxy groups -OCH3 is 3. The van der Waals surface area contributed by atoms with E-state index >= 15 is 13.2 Å². The van der Waals surface area contributed by atoms with E-state index in [-0.39, 0.29) is 29.2 Å². The third-order valence-corrected chi connectivity index (χ3v) is 10.3. The molecule has 0 atom stereocenters. The minimum atomic E-state index is -4.65. The molecule has 2 N–H and O–H groups in total. The van der Waals surface area contributed by atoms with Gasteiger partial charge in [-0.2, -0.15) is 13.2 Å². The molecule has 1 saturated carbocycles. The third kappa shape index (κ3) is 8.84. The van der Waals surface area contributed by atoms with Crippen molar-refractivity contribution in [2.75, 3.05) is 21.3 Å². The zero-order valence-electron chi connectivity index (χ0n) is 28.8. The van der Waals surface area contributed by atoms with E-state index in [9.17, 15) is 0 Å². The first kappa shape index (κ1) is 36.2. The Hall–Kier alpha value is -4.59. The Labute approximate surface area is 300 Å². The van der Waals surface area contributed by atoms with E-state index in [0.29, 0.717) is 35.9 Å². The Kier molecular flexibility index (Phi) is 11.5. The second-order valence-electron chi connectivity index (χ2n) is 12.6. The van der Waals surface area contributed by atoms with Crippen LogP contribution in [0.5, 0.6) is 17.2 Å². The van der Waals surface area contributed by atoms with Gasteiger partial charge >= 0.3 is 6.18 Å². The number of benzene rings is 4. The molecule has 13 heteroatoms. The lowest BCUT2D eigenvalue weighted by atomic mass is 9.79. The molecule has 1 heterocycles. The summed E-state index contributed by atoms with van der Waals surface area (Å²) in [4.78, 5) is 0.0580. The first-order valence-electron chi connectivity index (χ1n) is 16.7. The summed E-state index contributed by atoms with van der Waals surface area (Å²) in [6, 6.07) is 25.4. The number of alkyl halides is 3. The van der Waals surface area contributed by atoms with Crippen LogP contribution >= 0.6 is 11.9 Å². The van der Waals surface area contributed by atoms with E-state index in [1.165, 1.54) is 6.07 Å². The number of ether oxygens (including phenoxy) is 3. The van der Waals surface area contributed by atoms with Crippen LogP contribution in [0.2, 0.25) is 0 Å². The normalized spacial score (nSPS) is 16.3. The lowest BCUT2D eigenvalue weighted by Gasteiger charge is -2.31. The van der Waals surface area contributed by atoms with Crippen LogP contribution in [0.15, 0.2) is 89.8 Å². The maximum atomic E-state index is 15.1. The van der Waals surface area contributed by atoms with Gasteiger partial charge in [-0.3, -0.25) is 0 Å². The summed E-state index contributed by atoms with van der Waals surface area (Å²) in [5.74, 6) is 2.35. The fourth-order valence-corrected chi connectivity index (χ4v) is 7.70. The highest BCUT2D eigenvalue weighted by atomic mass is 32.2. The summed E-state index contributed by atoms with van der Waals surface area (Å²) in [6.45, 7) is 0.941. The number of tetrazole rings is 1. The molecule has 0 amide bonds. The molecular formula is C38H41F3N6O3S. The Morgan fingerprint density at radius 1 is 0.745 bits per heavy atom. The third-order valence-electron chi connectivity index (χ3n) is 9.21. The molecule has 9 nitrogen and oxygen atoms in total. The minimum Gasteiger partial charge on any atom is -0.497 e. The van der Waals surface area contributed by atoms with Crippen molar-refractivity contribution in [3.63, 3.8) is 0 Å². The average molecular weight is 719 g/mol. The van der Waals surface area contributed by atoms with Gasteiger partial charge in [-0.1, -0.05) is 42.5 Å². The Bertz CT molecular complexity index is 1830. The summed E-state index contributed by atoms with van der Waals surface area (Å²) in [5.41, 5.74) is 9.41. The molecule has 1 fully saturated rings. The molecule has 51 heavy (non-hydrogen) atoms. The standard InChI is InChI=1S/C38H41F3N6O3S/c1-48-30-14-4-25(5-15-30)22-46(23-26-6-16-31(49-2)17-7-26)51-36-34(38(39,40)41)21-20-33(28-10-12-29(42)13-11-28)35(36)37-43-44-45-47(37)24-27-8-18-32(50-3)19-9-27/h4-9,14-21,28-29H,10-13,22-24,42H2,1-3H3/t28-,29-. The van der Waals surface area contributed by atoms with Gasteiger partial charge in [-0.05, 0) is 119 Å². The van der Waals surface area contributed by atoms with Crippen LogP contribution in [0.4, 0.5) is 13.2 Å². The van der Waals surface area contributed by atoms with Crippen LogP contribution in [0.1, 0.15) is 59.4 Å². The maximum absolute atomic E-state index is 15.1. The molecule has 1 aliphatic rings. The Balaban J connectivity index is 1.49. The fourth-order valence-electron chi connectivity index (χ4n) is 6.43. The van der Waals surface area contributed by atoms with Crippen molar-refractivity contribution in [1.82, 2.24) is 24.5 Å². The molecule has 6 rings (SSSR count). The van der Waals surface area contributed by atoms with Crippen molar-refractivity contribution in [2.45, 2.75) is 68.3 Å². The second-order valence-corrected chi connectivity index (χ2v) is 13.7. The number of aromatic nitrogens is 4. The van der Waals surface area contributed by atoms with Crippen LogP contribution in [0, 0.1) is 0 Å². The highest BCUT2D eigenvalue weighted by Crippen LogP contribution is 2.48. The van der Waals surface area contributed by atoms with Gasteiger partial charge in [0.15, 0.2) is 5.82 Å². The lowest BCUT2D eigenvalue weighted by molar-refractivity contribution is -0.139. The molecule has 1 aliphatic carbocycles. The largest absolute Gasteiger partial charge is 0.497 e. The van der Waals surface area contributed by atoms with E-state index < -0.39 is 11.7 Å². The van der Waals surface area contributed by atoms with Crippen LogP contribution in [0.25, 0.3) is 11.4 Å². The van der Waals surface area contributed by atoms with E-state index in [4.69, 9.17) is 19.9 Å².